The molecule has 0 aliphatic carbocycles. The fourth-order valence-corrected chi connectivity index (χ4v) is 4.71. The minimum absolute atomic E-state index is 0.0162. The number of carbonyl (C=O) groups excluding carboxylic acids is 3. The Labute approximate surface area is 208 Å². The Morgan fingerprint density at radius 3 is 2.45 bits per heavy atom. The van der Waals surface area contributed by atoms with Gasteiger partial charge >= 0.3 is 12.1 Å². The van der Waals surface area contributed by atoms with Gasteiger partial charge < -0.3 is 14.2 Å². The molecule has 1 aliphatic rings. The van der Waals surface area contributed by atoms with E-state index in [0.29, 0.717) is 24.0 Å². The second-order valence-corrected chi connectivity index (χ2v) is 10.4. The van der Waals surface area contributed by atoms with Gasteiger partial charge in [-0.15, -0.1) is 0 Å². The van der Waals surface area contributed by atoms with Gasteiger partial charge in [-0.3, -0.25) is 4.79 Å². The number of hydrogen-bond acceptors (Lipinski definition) is 7. The Morgan fingerprint density at radius 2 is 1.88 bits per heavy atom. The van der Waals surface area contributed by atoms with Gasteiger partial charge in [-0.2, -0.15) is 0 Å². The number of halogens is 1. The molecule has 0 amide bonds. The van der Waals surface area contributed by atoms with Crippen molar-refractivity contribution >= 4 is 40.4 Å². The number of carbonyl (C=O) groups is 3. The van der Waals surface area contributed by atoms with Gasteiger partial charge in [0, 0.05) is 31.0 Å². The molecular weight excluding hydrogens is 539 g/mol. The number of rotatable bonds is 2. The van der Waals surface area contributed by atoms with Crippen molar-refractivity contribution in [2.75, 3.05) is 7.11 Å². The Morgan fingerprint density at radius 1 is 1.21 bits per heavy atom. The third-order valence-corrected chi connectivity index (χ3v) is 7.35. The molecule has 0 bridgehead atoms. The molecule has 2 rings (SSSR count). The zero-order valence-electron chi connectivity index (χ0n) is 20.3. The number of ketones is 1. The number of hydrogen-bond donors (Lipinski definition) is 0. The summed E-state index contributed by atoms with van der Waals surface area (Å²) in [6.07, 6.45) is 8.06. The highest BCUT2D eigenvalue weighted by molar-refractivity contribution is 14.1. The maximum absolute atomic E-state index is 13.2. The van der Waals surface area contributed by atoms with Crippen LogP contribution in [0.1, 0.15) is 54.4 Å². The molecule has 8 nitrogen and oxygen atoms in total. The fourth-order valence-electron chi connectivity index (χ4n) is 4.17. The molecular formula is C24H33IN2O6. The number of nitrogens with zero attached hydrogens (tertiary/aromatic N) is 2. The third-order valence-electron chi connectivity index (χ3n) is 5.86. The van der Waals surface area contributed by atoms with Gasteiger partial charge in [0.15, 0.2) is 15.5 Å². The van der Waals surface area contributed by atoms with Crippen molar-refractivity contribution in [2.24, 2.45) is 11.8 Å². The highest BCUT2D eigenvalue weighted by Gasteiger charge is 2.40. The van der Waals surface area contributed by atoms with Gasteiger partial charge in [0.05, 0.1) is 5.60 Å². The number of allylic oxidation sites excluding steroid dienone is 2. The summed E-state index contributed by atoms with van der Waals surface area (Å²) in [7, 11) is 1.63. The first-order valence-corrected chi connectivity index (χ1v) is 12.1. The van der Waals surface area contributed by atoms with Crippen LogP contribution in [0.5, 0.6) is 0 Å². The second kappa shape index (κ2) is 10.9. The van der Waals surface area contributed by atoms with E-state index in [4.69, 9.17) is 14.2 Å². The van der Waals surface area contributed by atoms with Crippen LogP contribution in [-0.2, 0) is 23.8 Å². The molecule has 1 aromatic heterocycles. The Hall–Kier alpha value is -2.01. The predicted molar refractivity (Wildman–Crippen MR) is 132 cm³/mol. The normalized spacial score (nSPS) is 35.5. The smallest absolute Gasteiger partial charge is 0.420 e. The zero-order valence-corrected chi connectivity index (χ0v) is 22.4. The standard InChI is InChI=1S/C24H33IN2O6/c1-15-10-16(2)20(29)32-21(25)24(6,33-22(30)27-9-8-26-14-27)13-18(4)19(28)17(3)12-23(5,11-15)31-7/h8-10,13-15,17,21H,11-12H2,1-7H3/b16-10-,18-13+/t15-,17+,21-,23-,24-/m0/s1. The lowest BCUT2D eigenvalue weighted by atomic mass is 9.81. The van der Waals surface area contributed by atoms with E-state index in [1.54, 1.807) is 34.0 Å². The molecule has 0 aromatic carbocycles. The van der Waals surface area contributed by atoms with Crippen LogP contribution in [-0.4, -0.2) is 49.8 Å². The van der Waals surface area contributed by atoms with Gasteiger partial charge in [0.1, 0.15) is 6.33 Å². The van der Waals surface area contributed by atoms with E-state index in [2.05, 4.69) is 4.98 Å². The van der Waals surface area contributed by atoms with E-state index in [0.717, 1.165) is 0 Å². The minimum atomic E-state index is -1.41. The molecule has 0 N–H and O–H groups in total. The molecule has 0 fully saturated rings. The van der Waals surface area contributed by atoms with Gasteiger partial charge in [-0.25, -0.2) is 19.1 Å². The first kappa shape index (κ1) is 27.2. The van der Waals surface area contributed by atoms with Gasteiger partial charge in [-0.05, 0) is 80.7 Å². The van der Waals surface area contributed by atoms with Crippen LogP contribution in [0.3, 0.4) is 0 Å². The maximum atomic E-state index is 13.2. The van der Waals surface area contributed by atoms with Crippen molar-refractivity contribution < 1.29 is 28.6 Å². The minimum Gasteiger partial charge on any atom is -0.444 e. The van der Waals surface area contributed by atoms with Crippen molar-refractivity contribution in [1.82, 2.24) is 9.55 Å². The van der Waals surface area contributed by atoms with E-state index < -0.39 is 27.4 Å². The number of alkyl halides is 1. The predicted octanol–water partition coefficient (Wildman–Crippen LogP) is 4.86. The third kappa shape index (κ3) is 6.99. The number of esters is 1. The van der Waals surface area contributed by atoms with Crippen LogP contribution in [0.15, 0.2) is 42.0 Å². The van der Waals surface area contributed by atoms with Crippen molar-refractivity contribution in [2.45, 2.75) is 69.7 Å². The average molecular weight is 572 g/mol. The van der Waals surface area contributed by atoms with Crippen LogP contribution in [0.4, 0.5) is 4.79 Å². The van der Waals surface area contributed by atoms with Crippen LogP contribution < -0.4 is 0 Å². The maximum Gasteiger partial charge on any atom is 0.420 e. The van der Waals surface area contributed by atoms with Crippen molar-refractivity contribution in [3.8, 4) is 0 Å². The van der Waals surface area contributed by atoms with Crippen LogP contribution in [0.2, 0.25) is 0 Å². The molecule has 5 atom stereocenters. The van der Waals surface area contributed by atoms with Crippen LogP contribution >= 0.6 is 22.6 Å². The molecule has 0 saturated heterocycles. The molecule has 1 aliphatic heterocycles. The van der Waals surface area contributed by atoms with E-state index in [1.807, 2.05) is 49.4 Å². The fraction of sp³-hybridized carbons (Fsp3) is 0.583. The topological polar surface area (TPSA) is 96.7 Å². The molecule has 182 valence electrons. The molecule has 0 saturated carbocycles. The molecule has 0 unspecified atom stereocenters. The van der Waals surface area contributed by atoms with Gasteiger partial charge in [0.2, 0.25) is 0 Å². The molecule has 0 spiro atoms. The van der Waals surface area contributed by atoms with Crippen molar-refractivity contribution in [3.63, 3.8) is 0 Å². The van der Waals surface area contributed by atoms with Crippen molar-refractivity contribution in [1.29, 1.82) is 0 Å². The first-order valence-electron chi connectivity index (χ1n) is 10.8. The molecule has 2 heterocycles. The number of methoxy groups -OCH3 is 1. The second-order valence-electron chi connectivity index (χ2n) is 9.23. The Bertz CT molecular complexity index is 941. The summed E-state index contributed by atoms with van der Waals surface area (Å²) >= 11 is 1.91. The summed E-state index contributed by atoms with van der Waals surface area (Å²) in [5.74, 6) is -0.916. The first-order chi connectivity index (χ1) is 15.3. The number of Topliss-reactive ketones (excluding diaryl/α,β-unsaturated/α-hetero) is 1. The summed E-state index contributed by atoms with van der Waals surface area (Å²) in [4.78, 5) is 42.6. The lowest BCUT2D eigenvalue weighted by molar-refractivity contribution is -0.145. The van der Waals surface area contributed by atoms with Gasteiger partial charge in [-0.1, -0.05) is 19.9 Å². The summed E-state index contributed by atoms with van der Waals surface area (Å²) in [6.45, 7) is 10.8. The quantitative estimate of drug-likeness (QED) is 0.284. The number of imidazole rings is 1. The summed E-state index contributed by atoms with van der Waals surface area (Å²) in [5, 5.41) is 0. The summed E-state index contributed by atoms with van der Waals surface area (Å²) < 4.78 is 17.5. The number of aromatic nitrogens is 2. The zero-order chi connectivity index (χ0) is 25.0. The number of cyclic esters (lactones) is 1. The van der Waals surface area contributed by atoms with Crippen molar-refractivity contribution in [3.05, 3.63) is 42.0 Å². The Kier molecular flexibility index (Phi) is 9.03. The largest absolute Gasteiger partial charge is 0.444 e. The summed E-state index contributed by atoms with van der Waals surface area (Å²) in [5.41, 5.74) is -1.09. The van der Waals surface area contributed by atoms with Crippen LogP contribution in [0.25, 0.3) is 0 Å². The molecule has 33 heavy (non-hydrogen) atoms. The molecule has 0 radical (unpaired) electrons. The molecule has 1 aromatic rings. The monoisotopic (exact) mass is 572 g/mol. The lowest BCUT2D eigenvalue weighted by Crippen LogP contribution is -2.43. The summed E-state index contributed by atoms with van der Waals surface area (Å²) in [6, 6.07) is 0. The lowest BCUT2D eigenvalue weighted by Gasteiger charge is -2.34. The van der Waals surface area contributed by atoms with E-state index >= 15 is 0 Å². The average Bonchev–Trinajstić information content (AvgIpc) is 3.27. The SMILES string of the molecule is CO[C@]1(C)C[C@@H](C)C(=O)/C(C)=C/[C@](C)(OC(=O)n2ccnc2)[C@@H](I)OC(=O)/C(C)=C\[C@H](C)C1. The van der Waals surface area contributed by atoms with Crippen LogP contribution in [0, 0.1) is 11.8 Å². The molecule has 9 heteroatoms. The van der Waals surface area contributed by atoms with Gasteiger partial charge in [0.25, 0.3) is 0 Å². The number of ether oxygens (including phenoxy) is 3. The van der Waals surface area contributed by atoms with E-state index in [1.165, 1.54) is 23.3 Å². The highest BCUT2D eigenvalue weighted by atomic mass is 127. The Balaban J connectivity index is 2.51. The highest BCUT2D eigenvalue weighted by Crippen LogP contribution is 2.33. The van der Waals surface area contributed by atoms with E-state index in [-0.39, 0.29) is 17.6 Å². The van der Waals surface area contributed by atoms with E-state index in [9.17, 15) is 14.4 Å².